The highest BCUT2D eigenvalue weighted by Crippen LogP contribution is 2.12. The van der Waals surface area contributed by atoms with E-state index in [0.717, 1.165) is 6.07 Å². The van der Waals surface area contributed by atoms with Crippen molar-refractivity contribution >= 4 is 17.6 Å². The molecule has 0 heterocycles. The summed E-state index contributed by atoms with van der Waals surface area (Å²) in [5.74, 6) is 4.01. The first-order valence-corrected chi connectivity index (χ1v) is 7.02. The van der Waals surface area contributed by atoms with Crippen molar-refractivity contribution in [3.05, 3.63) is 41.7 Å². The summed E-state index contributed by atoms with van der Waals surface area (Å²) in [5.41, 5.74) is 6.57. The SMILES string of the molecule is C=C(C)C(=O)NC(CC#Cc1ccc(F)cc1N)C(=O)OCC. The van der Waals surface area contributed by atoms with Crippen LogP contribution in [-0.2, 0) is 14.3 Å². The van der Waals surface area contributed by atoms with Gasteiger partial charge < -0.3 is 15.8 Å². The molecule has 1 unspecified atom stereocenters. The third kappa shape index (κ3) is 5.83. The maximum atomic E-state index is 13.0. The van der Waals surface area contributed by atoms with Gasteiger partial charge in [-0.05, 0) is 32.0 Å². The Kier molecular flexibility index (Phi) is 6.81. The number of anilines is 1. The van der Waals surface area contributed by atoms with Crippen molar-refractivity contribution in [2.24, 2.45) is 0 Å². The lowest BCUT2D eigenvalue weighted by Gasteiger charge is -2.14. The predicted molar refractivity (Wildman–Crippen MR) is 85.7 cm³/mol. The van der Waals surface area contributed by atoms with E-state index in [2.05, 4.69) is 23.7 Å². The molecule has 0 radical (unpaired) electrons. The number of carbonyl (C=O) groups is 2. The van der Waals surface area contributed by atoms with Crippen molar-refractivity contribution in [3.63, 3.8) is 0 Å². The summed E-state index contributed by atoms with van der Waals surface area (Å²) in [6, 6.07) is 2.94. The fraction of sp³-hybridized carbons (Fsp3) is 0.294. The van der Waals surface area contributed by atoms with Gasteiger partial charge in [0.1, 0.15) is 11.9 Å². The number of nitrogen functional groups attached to an aromatic ring is 1. The van der Waals surface area contributed by atoms with Crippen LogP contribution in [-0.4, -0.2) is 24.5 Å². The lowest BCUT2D eigenvalue weighted by Crippen LogP contribution is -2.41. The molecular formula is C17H19FN2O3. The van der Waals surface area contributed by atoms with E-state index in [4.69, 9.17) is 10.5 Å². The largest absolute Gasteiger partial charge is 0.464 e. The summed E-state index contributed by atoms with van der Waals surface area (Å²) >= 11 is 0. The highest BCUT2D eigenvalue weighted by Gasteiger charge is 2.21. The number of hydrogen-bond acceptors (Lipinski definition) is 4. The molecule has 1 rings (SSSR count). The fourth-order valence-corrected chi connectivity index (χ4v) is 1.61. The Bertz CT molecular complexity index is 674. The van der Waals surface area contributed by atoms with Gasteiger partial charge in [-0.2, -0.15) is 0 Å². The monoisotopic (exact) mass is 318 g/mol. The smallest absolute Gasteiger partial charge is 0.329 e. The van der Waals surface area contributed by atoms with Gasteiger partial charge in [0.2, 0.25) is 5.91 Å². The van der Waals surface area contributed by atoms with E-state index in [0.29, 0.717) is 5.56 Å². The lowest BCUT2D eigenvalue weighted by atomic mass is 10.1. The number of nitrogens with two attached hydrogens (primary N) is 1. The molecule has 0 fully saturated rings. The minimum atomic E-state index is -0.909. The van der Waals surface area contributed by atoms with Crippen LogP contribution in [0.4, 0.5) is 10.1 Å². The van der Waals surface area contributed by atoms with Gasteiger partial charge in [0.25, 0.3) is 0 Å². The lowest BCUT2D eigenvalue weighted by molar-refractivity contribution is -0.146. The van der Waals surface area contributed by atoms with E-state index < -0.39 is 23.7 Å². The molecule has 0 saturated carbocycles. The van der Waals surface area contributed by atoms with E-state index >= 15 is 0 Å². The van der Waals surface area contributed by atoms with Gasteiger partial charge in [0.15, 0.2) is 0 Å². The predicted octanol–water partition coefficient (Wildman–Crippen LogP) is 1.77. The zero-order valence-electron chi connectivity index (χ0n) is 13.1. The van der Waals surface area contributed by atoms with Crippen LogP contribution in [0.3, 0.4) is 0 Å². The second-order valence-electron chi connectivity index (χ2n) is 4.80. The van der Waals surface area contributed by atoms with Crippen LogP contribution in [0.2, 0.25) is 0 Å². The van der Waals surface area contributed by atoms with Gasteiger partial charge in [-0.1, -0.05) is 18.4 Å². The molecule has 5 nitrogen and oxygen atoms in total. The molecule has 6 heteroatoms. The first-order chi connectivity index (χ1) is 10.8. The molecule has 1 amide bonds. The van der Waals surface area contributed by atoms with E-state index in [1.54, 1.807) is 6.92 Å². The fourth-order valence-electron chi connectivity index (χ4n) is 1.61. The Morgan fingerprint density at radius 1 is 1.48 bits per heavy atom. The molecule has 0 aliphatic heterocycles. The number of halogens is 1. The first kappa shape index (κ1) is 18.2. The number of hydrogen-bond donors (Lipinski definition) is 2. The molecule has 0 saturated heterocycles. The van der Waals surface area contributed by atoms with Crippen LogP contribution in [0.1, 0.15) is 25.8 Å². The maximum Gasteiger partial charge on any atom is 0.329 e. The molecule has 0 aliphatic carbocycles. The minimum absolute atomic E-state index is 0.0364. The summed E-state index contributed by atoms with van der Waals surface area (Å²) in [7, 11) is 0. The van der Waals surface area contributed by atoms with Crippen LogP contribution in [0.5, 0.6) is 0 Å². The summed E-state index contributed by atoms with van der Waals surface area (Å²) in [6.07, 6.45) is 0.0364. The zero-order valence-corrected chi connectivity index (χ0v) is 13.1. The highest BCUT2D eigenvalue weighted by atomic mass is 19.1. The second-order valence-corrected chi connectivity index (χ2v) is 4.80. The Morgan fingerprint density at radius 2 is 2.17 bits per heavy atom. The molecule has 3 N–H and O–H groups in total. The van der Waals surface area contributed by atoms with Crippen LogP contribution >= 0.6 is 0 Å². The average Bonchev–Trinajstić information content (AvgIpc) is 2.48. The minimum Gasteiger partial charge on any atom is -0.464 e. The van der Waals surface area contributed by atoms with Crippen LogP contribution < -0.4 is 11.1 Å². The van der Waals surface area contributed by atoms with E-state index in [1.807, 2.05) is 0 Å². The van der Waals surface area contributed by atoms with Crippen molar-refractivity contribution in [2.75, 3.05) is 12.3 Å². The van der Waals surface area contributed by atoms with Crippen LogP contribution in [0, 0.1) is 17.7 Å². The molecule has 0 aliphatic rings. The normalized spacial score (nSPS) is 10.9. The molecular weight excluding hydrogens is 299 g/mol. The summed E-state index contributed by atoms with van der Waals surface area (Å²) in [4.78, 5) is 23.5. The van der Waals surface area contributed by atoms with Crippen LogP contribution in [0.15, 0.2) is 30.4 Å². The second kappa shape index (κ2) is 8.59. The Hall–Kier alpha value is -2.81. The molecule has 1 aromatic carbocycles. The Balaban J connectivity index is 2.85. The molecule has 0 bridgehead atoms. The number of amides is 1. The number of benzene rings is 1. The van der Waals surface area contributed by atoms with Crippen molar-refractivity contribution in [2.45, 2.75) is 26.3 Å². The Labute approximate surface area is 134 Å². The van der Waals surface area contributed by atoms with Gasteiger partial charge in [-0.15, -0.1) is 0 Å². The summed E-state index contributed by atoms with van der Waals surface area (Å²) < 4.78 is 17.9. The van der Waals surface area contributed by atoms with Gasteiger partial charge >= 0.3 is 5.97 Å². The molecule has 122 valence electrons. The first-order valence-electron chi connectivity index (χ1n) is 7.02. The topological polar surface area (TPSA) is 81.4 Å². The molecule has 1 aromatic rings. The van der Waals surface area contributed by atoms with Gasteiger partial charge in [-0.25, -0.2) is 9.18 Å². The molecule has 23 heavy (non-hydrogen) atoms. The third-order valence-electron chi connectivity index (χ3n) is 2.81. The maximum absolute atomic E-state index is 13.0. The van der Waals surface area contributed by atoms with Crippen molar-refractivity contribution in [3.8, 4) is 11.8 Å². The number of esters is 1. The molecule has 1 atom stereocenters. The van der Waals surface area contributed by atoms with Crippen LogP contribution in [0.25, 0.3) is 0 Å². The van der Waals surface area contributed by atoms with E-state index in [1.165, 1.54) is 19.1 Å². The molecule has 0 spiro atoms. The molecule has 0 aromatic heterocycles. The Morgan fingerprint density at radius 3 is 2.74 bits per heavy atom. The van der Waals surface area contributed by atoms with Crippen molar-refractivity contribution in [1.82, 2.24) is 5.32 Å². The summed E-state index contributed by atoms with van der Waals surface area (Å²) in [6.45, 7) is 6.90. The number of rotatable bonds is 5. The third-order valence-corrected chi connectivity index (χ3v) is 2.81. The van der Waals surface area contributed by atoms with E-state index in [9.17, 15) is 14.0 Å². The quantitative estimate of drug-likeness (QED) is 0.375. The van der Waals surface area contributed by atoms with Gasteiger partial charge in [-0.3, -0.25) is 4.79 Å². The van der Waals surface area contributed by atoms with Crippen molar-refractivity contribution < 1.29 is 18.7 Å². The number of nitrogens with one attached hydrogen (secondary N) is 1. The average molecular weight is 318 g/mol. The van der Waals surface area contributed by atoms with Gasteiger partial charge in [0, 0.05) is 17.6 Å². The number of carbonyl (C=O) groups excluding carboxylic acids is 2. The zero-order chi connectivity index (χ0) is 17.4. The summed E-state index contributed by atoms with van der Waals surface area (Å²) in [5, 5.41) is 2.50. The van der Waals surface area contributed by atoms with Crippen molar-refractivity contribution in [1.29, 1.82) is 0 Å². The van der Waals surface area contributed by atoms with E-state index in [-0.39, 0.29) is 24.3 Å². The highest BCUT2D eigenvalue weighted by molar-refractivity contribution is 5.95. The number of ether oxygens (including phenoxy) is 1. The standard InChI is InChI=1S/C17H19FN2O3/c1-4-23-17(22)15(20-16(21)11(2)3)7-5-6-12-8-9-13(18)10-14(12)19/h8-10,15H,2,4,7,19H2,1,3H3,(H,20,21). The van der Waals surface area contributed by atoms with Gasteiger partial charge in [0.05, 0.1) is 12.3 Å².